The molecule has 5 N–H and O–H groups in total. The Morgan fingerprint density at radius 2 is 2.06 bits per heavy atom. The van der Waals surface area contributed by atoms with Gasteiger partial charge in [0.2, 0.25) is 5.95 Å². The Balaban J connectivity index is 1.74. The van der Waals surface area contributed by atoms with Gasteiger partial charge in [0.1, 0.15) is 22.8 Å². The molecule has 4 unspecified atom stereocenters. The first-order valence-electron chi connectivity index (χ1n) is 10.9. The molecular weight excluding hydrogens is 450 g/mol. The van der Waals surface area contributed by atoms with Crippen LogP contribution in [0.25, 0.3) is 22.3 Å². The first-order chi connectivity index (χ1) is 15.9. The number of hydrogen-bond acceptors (Lipinski definition) is 10. The standard InChI is InChI=1S/C22H28ClN5O5/c1-3-13-6-11-8-15(33-16(11)9-25-13)17-20(23)27-22(24-4-5-32-2)28-21(17)26-14-7-12(10-29)18(30)19(14)31/h6,8-9,12,14,18-19,29-31H,3-5,7,10H2,1-2H3,(H2,24,26,27,28). The minimum Gasteiger partial charge on any atom is -0.454 e. The highest BCUT2D eigenvalue weighted by atomic mass is 35.5. The van der Waals surface area contributed by atoms with Gasteiger partial charge in [0.05, 0.1) is 30.5 Å². The second-order valence-corrected chi connectivity index (χ2v) is 8.43. The van der Waals surface area contributed by atoms with Crippen molar-refractivity contribution in [1.82, 2.24) is 15.0 Å². The zero-order valence-corrected chi connectivity index (χ0v) is 19.2. The zero-order valence-electron chi connectivity index (χ0n) is 18.5. The van der Waals surface area contributed by atoms with Crippen LogP contribution in [-0.2, 0) is 11.2 Å². The molecule has 0 saturated heterocycles. The summed E-state index contributed by atoms with van der Waals surface area (Å²) in [5, 5.41) is 37.5. The SMILES string of the molecule is CCc1cc2cc(-c3c(Cl)nc(NCCOC)nc3NC3CC(CO)C(O)C3O)oc2cn1. The third-order valence-corrected chi connectivity index (χ3v) is 6.16. The number of aromatic nitrogens is 3. The highest BCUT2D eigenvalue weighted by Crippen LogP contribution is 2.39. The third-order valence-electron chi connectivity index (χ3n) is 5.88. The van der Waals surface area contributed by atoms with Gasteiger partial charge in [-0.05, 0) is 25.0 Å². The van der Waals surface area contributed by atoms with Crippen molar-refractivity contribution in [2.24, 2.45) is 5.92 Å². The van der Waals surface area contributed by atoms with E-state index in [9.17, 15) is 15.3 Å². The maximum Gasteiger partial charge on any atom is 0.226 e. The van der Waals surface area contributed by atoms with Gasteiger partial charge >= 0.3 is 0 Å². The van der Waals surface area contributed by atoms with E-state index in [1.807, 2.05) is 19.1 Å². The number of nitrogens with one attached hydrogen (secondary N) is 2. The smallest absolute Gasteiger partial charge is 0.226 e. The van der Waals surface area contributed by atoms with Crippen LogP contribution in [0.3, 0.4) is 0 Å². The number of ether oxygens (including phenoxy) is 1. The fourth-order valence-corrected chi connectivity index (χ4v) is 4.29. The van der Waals surface area contributed by atoms with Crippen molar-refractivity contribution < 1.29 is 24.5 Å². The van der Waals surface area contributed by atoms with Gasteiger partial charge in [-0.1, -0.05) is 18.5 Å². The van der Waals surface area contributed by atoms with Crippen LogP contribution in [0.2, 0.25) is 5.15 Å². The third kappa shape index (κ3) is 4.90. The number of aliphatic hydroxyl groups excluding tert-OH is 3. The van der Waals surface area contributed by atoms with Crippen LogP contribution in [-0.4, -0.2) is 75.4 Å². The van der Waals surface area contributed by atoms with Crippen LogP contribution in [0.15, 0.2) is 22.7 Å². The maximum absolute atomic E-state index is 10.5. The normalized spacial score (nSPS) is 22.7. The number of furan rings is 1. The Morgan fingerprint density at radius 1 is 1.24 bits per heavy atom. The number of fused-ring (bicyclic) bond motifs is 1. The molecule has 11 heteroatoms. The predicted molar refractivity (Wildman–Crippen MR) is 124 cm³/mol. The van der Waals surface area contributed by atoms with Gasteiger partial charge in [-0.15, -0.1) is 0 Å². The molecule has 3 aromatic rings. The molecule has 1 fully saturated rings. The average molecular weight is 478 g/mol. The summed E-state index contributed by atoms with van der Waals surface area (Å²) >= 11 is 6.58. The highest BCUT2D eigenvalue weighted by Gasteiger charge is 2.41. The summed E-state index contributed by atoms with van der Waals surface area (Å²) in [4.78, 5) is 13.3. The van der Waals surface area contributed by atoms with Crippen LogP contribution in [0.4, 0.5) is 11.8 Å². The minimum atomic E-state index is -1.08. The number of rotatable bonds is 9. The lowest BCUT2D eigenvalue weighted by Gasteiger charge is -2.21. The van der Waals surface area contributed by atoms with Gasteiger partial charge < -0.3 is 35.1 Å². The van der Waals surface area contributed by atoms with Crippen LogP contribution in [0.5, 0.6) is 0 Å². The predicted octanol–water partition coefficient (Wildman–Crippen LogP) is 2.07. The van der Waals surface area contributed by atoms with Crippen molar-refractivity contribution >= 4 is 34.3 Å². The number of methoxy groups -OCH3 is 1. The molecule has 3 aromatic heterocycles. The van der Waals surface area contributed by atoms with Crippen molar-refractivity contribution in [1.29, 1.82) is 0 Å². The van der Waals surface area contributed by atoms with Gasteiger partial charge in [0.15, 0.2) is 5.58 Å². The number of hydrogen-bond donors (Lipinski definition) is 5. The van der Waals surface area contributed by atoms with E-state index in [1.165, 1.54) is 0 Å². The molecule has 0 spiro atoms. The molecule has 1 aliphatic carbocycles. The molecule has 0 aliphatic heterocycles. The van der Waals surface area contributed by atoms with Gasteiger partial charge in [0.25, 0.3) is 0 Å². The molecule has 178 valence electrons. The zero-order chi connectivity index (χ0) is 23.5. The summed E-state index contributed by atoms with van der Waals surface area (Å²) in [5.74, 6) is 0.624. The first kappa shape index (κ1) is 23.7. The molecule has 4 rings (SSSR count). The molecule has 0 radical (unpaired) electrons. The monoisotopic (exact) mass is 477 g/mol. The Morgan fingerprint density at radius 3 is 2.76 bits per heavy atom. The fraction of sp³-hybridized carbons (Fsp3) is 0.500. The van der Waals surface area contributed by atoms with Crippen LogP contribution < -0.4 is 10.6 Å². The fourth-order valence-electron chi connectivity index (χ4n) is 4.03. The number of halogens is 1. The second-order valence-electron chi connectivity index (χ2n) is 8.07. The molecule has 0 amide bonds. The van der Waals surface area contributed by atoms with Crippen molar-refractivity contribution in [2.45, 2.75) is 38.0 Å². The maximum atomic E-state index is 10.5. The molecule has 0 aromatic carbocycles. The van der Waals surface area contributed by atoms with E-state index in [-0.39, 0.29) is 17.7 Å². The molecule has 10 nitrogen and oxygen atoms in total. The van der Waals surface area contributed by atoms with E-state index >= 15 is 0 Å². The van der Waals surface area contributed by atoms with Crippen LogP contribution in [0, 0.1) is 5.92 Å². The average Bonchev–Trinajstić information content (AvgIpc) is 3.34. The number of pyridine rings is 1. The van der Waals surface area contributed by atoms with Gasteiger partial charge in [-0.2, -0.15) is 4.98 Å². The second kappa shape index (κ2) is 10.2. The lowest BCUT2D eigenvalue weighted by molar-refractivity contribution is 0.00446. The van der Waals surface area contributed by atoms with E-state index in [0.29, 0.717) is 42.3 Å². The van der Waals surface area contributed by atoms with E-state index in [0.717, 1.165) is 17.5 Å². The Kier molecular flexibility index (Phi) is 7.30. The van der Waals surface area contributed by atoms with Crippen LogP contribution >= 0.6 is 11.6 Å². The quantitative estimate of drug-likeness (QED) is 0.229. The Bertz CT molecular complexity index is 1110. The topological polar surface area (TPSA) is 146 Å². The molecule has 3 heterocycles. The number of anilines is 2. The van der Waals surface area contributed by atoms with Crippen molar-refractivity contribution in [3.8, 4) is 11.3 Å². The number of nitrogens with zero attached hydrogens (tertiary/aromatic N) is 3. The Hall–Kier alpha value is -2.50. The lowest BCUT2D eigenvalue weighted by atomic mass is 10.1. The van der Waals surface area contributed by atoms with E-state index in [4.69, 9.17) is 20.8 Å². The van der Waals surface area contributed by atoms with Crippen molar-refractivity contribution in [3.05, 3.63) is 29.2 Å². The molecule has 0 bridgehead atoms. The summed E-state index contributed by atoms with van der Waals surface area (Å²) in [6.07, 6.45) is 0.695. The summed E-state index contributed by atoms with van der Waals surface area (Å²) < 4.78 is 11.1. The summed E-state index contributed by atoms with van der Waals surface area (Å²) in [6.45, 7) is 2.72. The highest BCUT2D eigenvalue weighted by molar-refractivity contribution is 6.32. The molecule has 1 saturated carbocycles. The first-order valence-corrected chi connectivity index (χ1v) is 11.3. The minimum absolute atomic E-state index is 0.155. The lowest BCUT2D eigenvalue weighted by Crippen LogP contribution is -2.35. The largest absolute Gasteiger partial charge is 0.454 e. The summed E-state index contributed by atoms with van der Waals surface area (Å²) in [7, 11) is 1.59. The van der Waals surface area contributed by atoms with E-state index < -0.39 is 24.2 Å². The Labute approximate surface area is 196 Å². The van der Waals surface area contributed by atoms with Crippen molar-refractivity contribution in [2.75, 3.05) is 37.5 Å². The van der Waals surface area contributed by atoms with Crippen molar-refractivity contribution in [3.63, 3.8) is 0 Å². The molecule has 33 heavy (non-hydrogen) atoms. The summed E-state index contributed by atoms with van der Waals surface area (Å²) in [6, 6.07) is 3.25. The number of aryl methyl sites for hydroxylation is 1. The van der Waals surface area contributed by atoms with E-state index in [2.05, 4.69) is 25.6 Å². The van der Waals surface area contributed by atoms with E-state index in [1.54, 1.807) is 13.3 Å². The van der Waals surface area contributed by atoms with Gasteiger partial charge in [-0.25, -0.2) is 4.98 Å². The van der Waals surface area contributed by atoms with Gasteiger partial charge in [0, 0.05) is 37.3 Å². The molecule has 4 atom stereocenters. The molecule has 1 aliphatic rings. The van der Waals surface area contributed by atoms with Crippen LogP contribution in [0.1, 0.15) is 19.0 Å². The molecular formula is C22H28ClN5O5. The summed E-state index contributed by atoms with van der Waals surface area (Å²) in [5.41, 5.74) is 1.96. The number of aliphatic hydroxyl groups is 3. The van der Waals surface area contributed by atoms with Gasteiger partial charge in [-0.3, -0.25) is 4.98 Å².